The number of ketones is 1. The summed E-state index contributed by atoms with van der Waals surface area (Å²) in [4.78, 5) is 35.5. The molecule has 0 spiro atoms. The third kappa shape index (κ3) is 5.72. The Balaban J connectivity index is 1.53. The third-order valence-corrected chi connectivity index (χ3v) is 7.92. The molecular weight excluding hydrogens is 456 g/mol. The summed E-state index contributed by atoms with van der Waals surface area (Å²) in [7, 11) is -3.56. The van der Waals surface area contributed by atoms with Crippen molar-refractivity contribution in [3.63, 3.8) is 0 Å². The fraction of sp³-hybridized carbons (Fsp3) is 0.333. The van der Waals surface area contributed by atoms with Crippen LogP contribution in [0.3, 0.4) is 0 Å². The van der Waals surface area contributed by atoms with Crippen LogP contribution in [0.25, 0.3) is 0 Å². The van der Waals surface area contributed by atoms with Gasteiger partial charge in [0, 0.05) is 35.7 Å². The molecule has 1 aliphatic rings. The standard InChI is InChI=1S/C21H22N2O7S2/c1-15(31-18-8-6-17(7-9-18)23(26)27)21(25)30-14-20(24)16-4-10-19(11-5-16)32(28,29)22-12-2-3-13-22/h4-11,15H,2-3,12-14H2,1H3. The molecule has 2 aromatic carbocycles. The van der Waals surface area contributed by atoms with E-state index in [1.807, 2.05) is 0 Å². The van der Waals surface area contributed by atoms with Crippen molar-refractivity contribution in [2.75, 3.05) is 19.7 Å². The minimum atomic E-state index is -3.56. The number of carbonyl (C=O) groups excluding carboxylic acids is 2. The number of non-ortho nitro benzene ring substituents is 1. The molecule has 32 heavy (non-hydrogen) atoms. The van der Waals surface area contributed by atoms with Crippen LogP contribution in [0.4, 0.5) is 5.69 Å². The molecule has 11 heteroatoms. The molecular formula is C21H22N2O7S2. The Bertz CT molecular complexity index is 1090. The average molecular weight is 479 g/mol. The number of nitrogens with zero attached hydrogens (tertiary/aromatic N) is 2. The van der Waals surface area contributed by atoms with Gasteiger partial charge in [0.15, 0.2) is 12.4 Å². The maximum Gasteiger partial charge on any atom is 0.319 e. The Morgan fingerprint density at radius 3 is 2.25 bits per heavy atom. The Morgan fingerprint density at radius 1 is 1.09 bits per heavy atom. The van der Waals surface area contributed by atoms with Crippen molar-refractivity contribution < 1.29 is 27.7 Å². The second kappa shape index (κ2) is 10.2. The van der Waals surface area contributed by atoms with Crippen LogP contribution < -0.4 is 0 Å². The number of esters is 1. The summed E-state index contributed by atoms with van der Waals surface area (Å²) in [6, 6.07) is 11.4. The lowest BCUT2D eigenvalue weighted by molar-refractivity contribution is -0.384. The largest absolute Gasteiger partial charge is 0.456 e. The molecule has 170 valence electrons. The van der Waals surface area contributed by atoms with E-state index in [9.17, 15) is 28.1 Å². The minimum Gasteiger partial charge on any atom is -0.456 e. The van der Waals surface area contributed by atoms with Crippen LogP contribution in [-0.4, -0.2) is 54.3 Å². The van der Waals surface area contributed by atoms with Gasteiger partial charge < -0.3 is 4.74 Å². The summed E-state index contributed by atoms with van der Waals surface area (Å²) in [6.45, 7) is 2.13. The van der Waals surface area contributed by atoms with Crippen LogP contribution in [0.15, 0.2) is 58.3 Å². The summed E-state index contributed by atoms with van der Waals surface area (Å²) in [6.07, 6.45) is 1.67. The first-order chi connectivity index (χ1) is 15.2. The molecule has 0 aliphatic carbocycles. The molecule has 0 bridgehead atoms. The topological polar surface area (TPSA) is 124 Å². The van der Waals surface area contributed by atoms with Crippen molar-refractivity contribution in [3.8, 4) is 0 Å². The van der Waals surface area contributed by atoms with Gasteiger partial charge in [0.2, 0.25) is 10.0 Å². The summed E-state index contributed by atoms with van der Waals surface area (Å²) in [5.41, 5.74) is 0.197. The van der Waals surface area contributed by atoms with Gasteiger partial charge in [0.1, 0.15) is 5.25 Å². The maximum absolute atomic E-state index is 12.5. The number of nitro benzene ring substituents is 1. The number of thioether (sulfide) groups is 1. The maximum atomic E-state index is 12.5. The van der Waals surface area contributed by atoms with Crippen molar-refractivity contribution >= 4 is 39.2 Å². The van der Waals surface area contributed by atoms with Crippen LogP contribution in [0, 0.1) is 10.1 Å². The van der Waals surface area contributed by atoms with E-state index in [1.165, 1.54) is 52.8 Å². The van der Waals surface area contributed by atoms with E-state index in [4.69, 9.17) is 4.74 Å². The van der Waals surface area contributed by atoms with Crippen LogP contribution >= 0.6 is 11.8 Å². The number of sulfonamides is 1. The van der Waals surface area contributed by atoms with E-state index in [2.05, 4.69) is 0 Å². The van der Waals surface area contributed by atoms with E-state index in [-0.39, 0.29) is 16.1 Å². The molecule has 9 nitrogen and oxygen atoms in total. The lowest BCUT2D eigenvalue weighted by Crippen LogP contribution is -2.27. The second-order valence-corrected chi connectivity index (χ2v) is 10.5. The van der Waals surface area contributed by atoms with Crippen LogP contribution in [-0.2, 0) is 19.6 Å². The number of hydrogen-bond donors (Lipinski definition) is 0. The van der Waals surface area contributed by atoms with Crippen molar-refractivity contribution in [2.45, 2.75) is 34.8 Å². The highest BCUT2D eigenvalue weighted by Gasteiger charge is 2.27. The molecule has 0 aromatic heterocycles. The molecule has 1 fully saturated rings. The van der Waals surface area contributed by atoms with Crippen LogP contribution in [0.5, 0.6) is 0 Å². The Labute approximate surface area is 190 Å². The van der Waals surface area contributed by atoms with Crippen molar-refractivity contribution in [1.29, 1.82) is 0 Å². The third-order valence-electron chi connectivity index (χ3n) is 4.92. The predicted molar refractivity (Wildman–Crippen MR) is 118 cm³/mol. The number of ether oxygens (including phenoxy) is 1. The normalized spacial score (nSPS) is 15.3. The molecule has 1 unspecified atom stereocenters. The Kier molecular flexibility index (Phi) is 7.64. The van der Waals surface area contributed by atoms with Gasteiger partial charge in [0.05, 0.1) is 9.82 Å². The Morgan fingerprint density at radius 2 is 1.69 bits per heavy atom. The molecule has 2 aromatic rings. The zero-order valence-electron chi connectivity index (χ0n) is 17.3. The lowest BCUT2D eigenvalue weighted by Gasteiger charge is -2.15. The SMILES string of the molecule is CC(Sc1ccc([N+](=O)[O-])cc1)C(=O)OCC(=O)c1ccc(S(=O)(=O)N2CCCC2)cc1. The average Bonchev–Trinajstić information content (AvgIpc) is 3.33. The lowest BCUT2D eigenvalue weighted by atomic mass is 10.1. The van der Waals surface area contributed by atoms with E-state index in [0.717, 1.165) is 24.6 Å². The molecule has 3 rings (SSSR count). The molecule has 1 atom stereocenters. The van der Waals surface area contributed by atoms with Crippen LogP contribution in [0.1, 0.15) is 30.1 Å². The zero-order valence-corrected chi connectivity index (χ0v) is 18.9. The van der Waals surface area contributed by atoms with Crippen LogP contribution in [0.2, 0.25) is 0 Å². The van der Waals surface area contributed by atoms with Gasteiger partial charge in [-0.2, -0.15) is 4.31 Å². The van der Waals surface area contributed by atoms with Crippen molar-refractivity contribution in [1.82, 2.24) is 4.31 Å². The van der Waals surface area contributed by atoms with Gasteiger partial charge in [-0.25, -0.2) is 8.42 Å². The predicted octanol–water partition coefficient (Wildman–Crippen LogP) is 3.29. The van der Waals surface area contributed by atoms with E-state index < -0.39 is 38.6 Å². The van der Waals surface area contributed by atoms with Crippen molar-refractivity contribution in [2.24, 2.45) is 0 Å². The summed E-state index contributed by atoms with van der Waals surface area (Å²) < 4.78 is 31.6. The number of nitro groups is 1. The quantitative estimate of drug-likeness (QED) is 0.177. The van der Waals surface area contributed by atoms with Gasteiger partial charge in [-0.05, 0) is 56.2 Å². The van der Waals surface area contributed by atoms with Gasteiger partial charge >= 0.3 is 5.97 Å². The van der Waals surface area contributed by atoms with Gasteiger partial charge in [-0.15, -0.1) is 11.8 Å². The van der Waals surface area contributed by atoms with E-state index in [0.29, 0.717) is 18.0 Å². The molecule has 0 N–H and O–H groups in total. The summed E-state index contributed by atoms with van der Waals surface area (Å²) in [5.74, 6) is -1.05. The fourth-order valence-electron chi connectivity index (χ4n) is 3.13. The van der Waals surface area contributed by atoms with Crippen molar-refractivity contribution in [3.05, 3.63) is 64.2 Å². The highest BCUT2D eigenvalue weighted by molar-refractivity contribution is 8.00. The van der Waals surface area contributed by atoms with E-state index in [1.54, 1.807) is 6.92 Å². The zero-order chi connectivity index (χ0) is 23.3. The van der Waals surface area contributed by atoms with Gasteiger partial charge in [0.25, 0.3) is 5.69 Å². The first kappa shape index (κ1) is 23.9. The molecule has 1 heterocycles. The summed E-state index contributed by atoms with van der Waals surface area (Å²) >= 11 is 1.16. The molecule has 0 saturated carbocycles. The number of hydrogen-bond acceptors (Lipinski definition) is 8. The number of carbonyl (C=O) groups is 2. The first-order valence-electron chi connectivity index (χ1n) is 9.89. The minimum absolute atomic E-state index is 0.0468. The van der Waals surface area contributed by atoms with Gasteiger partial charge in [-0.1, -0.05) is 0 Å². The highest BCUT2D eigenvalue weighted by Crippen LogP contribution is 2.26. The fourth-order valence-corrected chi connectivity index (χ4v) is 5.51. The molecule has 1 saturated heterocycles. The molecule has 0 radical (unpaired) electrons. The molecule has 1 aliphatic heterocycles. The van der Waals surface area contributed by atoms with E-state index >= 15 is 0 Å². The van der Waals surface area contributed by atoms with Gasteiger partial charge in [-0.3, -0.25) is 19.7 Å². The second-order valence-electron chi connectivity index (χ2n) is 7.18. The Hall–Kier alpha value is -2.76. The highest BCUT2D eigenvalue weighted by atomic mass is 32.2. The number of rotatable bonds is 9. The smallest absolute Gasteiger partial charge is 0.319 e. The molecule has 0 amide bonds. The monoisotopic (exact) mass is 478 g/mol. The number of benzene rings is 2. The number of Topliss-reactive ketones (excluding diaryl/α,β-unsaturated/α-hetero) is 1. The summed E-state index contributed by atoms with van der Waals surface area (Å²) in [5, 5.41) is 10.1. The first-order valence-corrected chi connectivity index (χ1v) is 12.2.